The number of carbonyl (C=O) groups excluding carboxylic acids is 1. The van der Waals surface area contributed by atoms with Crippen LogP contribution in [0.25, 0.3) is 0 Å². The molecule has 0 aliphatic carbocycles. The molecule has 1 saturated heterocycles. The zero-order valence-electron chi connectivity index (χ0n) is 15.2. The summed E-state index contributed by atoms with van der Waals surface area (Å²) in [6.45, 7) is 1.22. The number of carbonyl (C=O) groups is 2. The minimum atomic E-state index is -3.25. The van der Waals surface area contributed by atoms with Crippen LogP contribution >= 0.6 is 0 Å². The van der Waals surface area contributed by atoms with Crippen LogP contribution in [0.15, 0.2) is 29.2 Å². The number of carboxylic acid groups (broad SMARTS) is 1. The third-order valence-electron chi connectivity index (χ3n) is 4.32. The van der Waals surface area contributed by atoms with E-state index in [2.05, 4.69) is 5.32 Å². The summed E-state index contributed by atoms with van der Waals surface area (Å²) in [5, 5.41) is 11.9. The first kappa shape index (κ1) is 21.2. The molecular weight excluding hydrogens is 374 g/mol. The molecule has 0 spiro atoms. The summed E-state index contributed by atoms with van der Waals surface area (Å²) in [5.41, 5.74) is 0. The summed E-state index contributed by atoms with van der Waals surface area (Å²) in [6.07, 6.45) is 3.18. The molecule has 1 amide bonds. The fourth-order valence-electron chi connectivity index (χ4n) is 2.86. The molecule has 150 valence electrons. The molecule has 8 nitrogen and oxygen atoms in total. The fourth-order valence-corrected chi connectivity index (χ4v) is 3.49. The average molecular weight is 399 g/mol. The van der Waals surface area contributed by atoms with Crippen LogP contribution in [0.1, 0.15) is 25.7 Å². The van der Waals surface area contributed by atoms with E-state index in [0.717, 1.165) is 12.7 Å². The Balaban J connectivity index is 1.74. The number of carboxylic acids is 1. The fraction of sp³-hybridized carbons (Fsp3) is 0.556. The SMILES string of the molecule is CS(=O)(=O)c1ccc(OCCCC(=O)NC(C(=O)O)C2CCCOC2)cc1. The minimum absolute atomic E-state index is 0.138. The van der Waals surface area contributed by atoms with Gasteiger partial charge in [0.1, 0.15) is 11.8 Å². The summed E-state index contributed by atoms with van der Waals surface area (Å²) in [7, 11) is -3.25. The third kappa shape index (κ3) is 6.84. The van der Waals surface area contributed by atoms with E-state index in [-0.39, 0.29) is 29.7 Å². The molecule has 27 heavy (non-hydrogen) atoms. The molecule has 0 aromatic heterocycles. The van der Waals surface area contributed by atoms with Crippen molar-refractivity contribution in [3.63, 3.8) is 0 Å². The Hall–Kier alpha value is -2.13. The Kier molecular flexibility index (Phi) is 7.61. The van der Waals surface area contributed by atoms with Crippen molar-refractivity contribution in [2.75, 3.05) is 26.1 Å². The standard InChI is InChI=1S/C18H25NO7S/c1-27(23,24)15-8-6-14(7-9-15)26-11-3-5-16(20)19-17(18(21)22)13-4-2-10-25-12-13/h6-9,13,17H,2-5,10-12H2,1H3,(H,19,20)(H,21,22). The average Bonchev–Trinajstić information content (AvgIpc) is 2.63. The molecule has 9 heteroatoms. The number of amides is 1. The number of hydrogen-bond acceptors (Lipinski definition) is 6. The van der Waals surface area contributed by atoms with Crippen LogP contribution in [0.2, 0.25) is 0 Å². The summed E-state index contributed by atoms with van der Waals surface area (Å²) >= 11 is 0. The van der Waals surface area contributed by atoms with Crippen LogP contribution < -0.4 is 10.1 Å². The van der Waals surface area contributed by atoms with E-state index in [4.69, 9.17) is 9.47 Å². The van der Waals surface area contributed by atoms with Crippen molar-refractivity contribution in [1.29, 1.82) is 0 Å². The van der Waals surface area contributed by atoms with Crippen molar-refractivity contribution in [1.82, 2.24) is 5.32 Å². The summed E-state index contributed by atoms with van der Waals surface area (Å²) in [5.74, 6) is -1.11. The predicted molar refractivity (Wildman–Crippen MR) is 97.4 cm³/mol. The van der Waals surface area contributed by atoms with E-state index < -0.39 is 21.8 Å². The quantitative estimate of drug-likeness (QED) is 0.600. The predicted octanol–water partition coefficient (Wildman–Crippen LogP) is 1.25. The molecule has 2 rings (SSSR count). The molecule has 1 aromatic carbocycles. The van der Waals surface area contributed by atoms with Gasteiger partial charge in [-0.25, -0.2) is 13.2 Å². The maximum atomic E-state index is 12.0. The molecular formula is C18H25NO7S. The highest BCUT2D eigenvalue weighted by atomic mass is 32.2. The molecule has 0 bridgehead atoms. The van der Waals surface area contributed by atoms with Crippen molar-refractivity contribution in [2.45, 2.75) is 36.6 Å². The van der Waals surface area contributed by atoms with Gasteiger partial charge >= 0.3 is 5.97 Å². The van der Waals surface area contributed by atoms with Gasteiger partial charge in [0.15, 0.2) is 9.84 Å². The van der Waals surface area contributed by atoms with Gasteiger partial charge in [0.2, 0.25) is 5.91 Å². The second kappa shape index (κ2) is 9.70. The highest BCUT2D eigenvalue weighted by molar-refractivity contribution is 7.90. The van der Waals surface area contributed by atoms with Crippen LogP contribution in [0.5, 0.6) is 5.75 Å². The second-order valence-corrected chi connectivity index (χ2v) is 8.57. The van der Waals surface area contributed by atoms with Crippen LogP contribution in [0.3, 0.4) is 0 Å². The van der Waals surface area contributed by atoms with E-state index in [0.29, 0.717) is 31.8 Å². The maximum absolute atomic E-state index is 12.0. The Labute approximate surface area is 158 Å². The number of aliphatic carboxylic acids is 1. The number of sulfone groups is 1. The van der Waals surface area contributed by atoms with Crippen molar-refractivity contribution < 1.29 is 32.6 Å². The second-order valence-electron chi connectivity index (χ2n) is 6.56. The van der Waals surface area contributed by atoms with Gasteiger partial charge in [0, 0.05) is 25.2 Å². The van der Waals surface area contributed by atoms with E-state index in [1.807, 2.05) is 0 Å². The number of nitrogens with one attached hydrogen (secondary N) is 1. The van der Waals surface area contributed by atoms with Crippen molar-refractivity contribution in [3.8, 4) is 5.75 Å². The van der Waals surface area contributed by atoms with Gasteiger partial charge in [-0.3, -0.25) is 4.79 Å². The van der Waals surface area contributed by atoms with E-state index in [1.54, 1.807) is 12.1 Å². The summed E-state index contributed by atoms with van der Waals surface area (Å²) in [6, 6.07) is 5.09. The van der Waals surface area contributed by atoms with Crippen LogP contribution in [0.4, 0.5) is 0 Å². The van der Waals surface area contributed by atoms with Gasteiger partial charge in [-0.1, -0.05) is 0 Å². The number of benzene rings is 1. The lowest BCUT2D eigenvalue weighted by Crippen LogP contribution is -2.48. The zero-order valence-corrected chi connectivity index (χ0v) is 16.0. The van der Waals surface area contributed by atoms with Gasteiger partial charge in [-0.2, -0.15) is 0 Å². The first-order valence-corrected chi connectivity index (χ1v) is 10.7. The Bertz CT molecular complexity index is 739. The maximum Gasteiger partial charge on any atom is 0.326 e. The molecule has 2 unspecified atom stereocenters. The molecule has 2 atom stereocenters. The molecule has 1 fully saturated rings. The lowest BCUT2D eigenvalue weighted by atomic mass is 9.93. The van der Waals surface area contributed by atoms with Gasteiger partial charge in [0.05, 0.1) is 18.1 Å². The Morgan fingerprint density at radius 3 is 2.59 bits per heavy atom. The van der Waals surface area contributed by atoms with Crippen LogP contribution in [-0.4, -0.2) is 57.5 Å². The van der Waals surface area contributed by atoms with Gasteiger partial charge < -0.3 is 19.9 Å². The van der Waals surface area contributed by atoms with Crippen molar-refractivity contribution in [3.05, 3.63) is 24.3 Å². The van der Waals surface area contributed by atoms with Crippen LogP contribution in [0, 0.1) is 5.92 Å². The topological polar surface area (TPSA) is 119 Å². The Morgan fingerprint density at radius 1 is 1.33 bits per heavy atom. The molecule has 1 aromatic rings. The first-order chi connectivity index (χ1) is 12.8. The van der Waals surface area contributed by atoms with E-state index >= 15 is 0 Å². The number of rotatable bonds is 9. The van der Waals surface area contributed by atoms with Gasteiger partial charge in [-0.15, -0.1) is 0 Å². The smallest absolute Gasteiger partial charge is 0.326 e. The molecule has 1 heterocycles. The molecule has 1 aliphatic rings. The molecule has 1 aliphatic heterocycles. The molecule has 0 saturated carbocycles. The van der Waals surface area contributed by atoms with Crippen molar-refractivity contribution >= 4 is 21.7 Å². The van der Waals surface area contributed by atoms with Gasteiger partial charge in [-0.05, 0) is 43.5 Å². The molecule has 2 N–H and O–H groups in total. The van der Waals surface area contributed by atoms with E-state index in [1.165, 1.54) is 12.1 Å². The number of ether oxygens (including phenoxy) is 2. The monoisotopic (exact) mass is 399 g/mol. The number of hydrogen-bond donors (Lipinski definition) is 2. The summed E-state index contributed by atoms with van der Waals surface area (Å²) < 4.78 is 33.6. The lowest BCUT2D eigenvalue weighted by molar-refractivity contribution is -0.145. The first-order valence-electron chi connectivity index (χ1n) is 8.80. The van der Waals surface area contributed by atoms with Crippen molar-refractivity contribution in [2.24, 2.45) is 5.92 Å². The lowest BCUT2D eigenvalue weighted by Gasteiger charge is -2.28. The van der Waals surface area contributed by atoms with Crippen LogP contribution in [-0.2, 0) is 24.2 Å². The summed E-state index contributed by atoms with van der Waals surface area (Å²) in [4.78, 5) is 23.6. The molecule has 0 radical (unpaired) electrons. The Morgan fingerprint density at radius 2 is 2.04 bits per heavy atom. The van der Waals surface area contributed by atoms with E-state index in [9.17, 15) is 23.1 Å². The van der Waals surface area contributed by atoms with Gasteiger partial charge in [0.25, 0.3) is 0 Å². The highest BCUT2D eigenvalue weighted by Crippen LogP contribution is 2.18. The highest BCUT2D eigenvalue weighted by Gasteiger charge is 2.31. The third-order valence-corrected chi connectivity index (χ3v) is 5.45. The minimum Gasteiger partial charge on any atom is -0.494 e. The normalized spacial score (nSPS) is 18.5. The largest absolute Gasteiger partial charge is 0.494 e. The zero-order chi connectivity index (χ0) is 19.9.